The molecule has 3 aromatic rings. The van der Waals surface area contributed by atoms with Gasteiger partial charge in [0.05, 0.1) is 11.7 Å². The van der Waals surface area contributed by atoms with Gasteiger partial charge in [-0.05, 0) is 59.4 Å². The van der Waals surface area contributed by atoms with Crippen molar-refractivity contribution >= 4 is 5.97 Å². The molecule has 1 aliphatic heterocycles. The first kappa shape index (κ1) is 20.1. The fourth-order valence-corrected chi connectivity index (χ4v) is 3.75. The molecule has 1 aliphatic rings. The van der Waals surface area contributed by atoms with Crippen LogP contribution in [0.25, 0.3) is 11.1 Å². The van der Waals surface area contributed by atoms with Crippen molar-refractivity contribution in [3.05, 3.63) is 89.5 Å². The summed E-state index contributed by atoms with van der Waals surface area (Å²) < 4.78 is 6.14. The summed E-state index contributed by atoms with van der Waals surface area (Å²) >= 11 is 0. The van der Waals surface area contributed by atoms with Crippen molar-refractivity contribution in [3.8, 4) is 16.9 Å². The number of aryl methyl sites for hydroxylation is 1. The van der Waals surface area contributed by atoms with E-state index in [0.717, 1.165) is 40.8 Å². The van der Waals surface area contributed by atoms with Crippen LogP contribution in [0.1, 0.15) is 34.0 Å². The second kappa shape index (κ2) is 9.11. The predicted molar refractivity (Wildman–Crippen MR) is 116 cm³/mol. The van der Waals surface area contributed by atoms with Gasteiger partial charge in [0.25, 0.3) is 0 Å². The van der Waals surface area contributed by atoms with E-state index in [1.165, 1.54) is 0 Å². The monoisotopic (exact) mass is 403 g/mol. The number of carbonyl (C=O) groups is 1. The number of nitrogens with one attached hydrogen (secondary N) is 1. The first-order valence-corrected chi connectivity index (χ1v) is 10.2. The lowest BCUT2D eigenvalue weighted by molar-refractivity contribution is 0.0697. The van der Waals surface area contributed by atoms with Gasteiger partial charge in [0.2, 0.25) is 0 Å². The Bertz CT molecular complexity index is 1000. The van der Waals surface area contributed by atoms with E-state index in [2.05, 4.69) is 11.4 Å². The van der Waals surface area contributed by atoms with Gasteiger partial charge in [-0.25, -0.2) is 4.79 Å². The standard InChI is InChI=1S/C25H25NO4/c27-23(18-4-2-1-3-5-18)16-26-15-22-12-10-21-14-20(11-13-24(21)30-22)17-6-8-19(9-7-17)25(28)29/h1-9,11,13-14,22-23,26-27H,10,12,15-16H2,(H,28,29)/t22-,23-/m1/s1. The Kier molecular flexibility index (Phi) is 6.12. The van der Waals surface area contributed by atoms with Crippen molar-refractivity contribution in [3.63, 3.8) is 0 Å². The number of rotatable bonds is 7. The number of hydrogen-bond acceptors (Lipinski definition) is 4. The van der Waals surface area contributed by atoms with Crippen LogP contribution in [-0.2, 0) is 6.42 Å². The summed E-state index contributed by atoms with van der Waals surface area (Å²) in [5, 5.41) is 22.6. The number of fused-ring (bicyclic) bond motifs is 1. The lowest BCUT2D eigenvalue weighted by Gasteiger charge is -2.27. The van der Waals surface area contributed by atoms with Crippen molar-refractivity contribution in [1.29, 1.82) is 0 Å². The molecule has 0 radical (unpaired) electrons. The topological polar surface area (TPSA) is 78.8 Å². The third-order valence-electron chi connectivity index (χ3n) is 5.45. The van der Waals surface area contributed by atoms with Crippen LogP contribution in [0.2, 0.25) is 0 Å². The molecule has 5 nitrogen and oxygen atoms in total. The number of aliphatic hydroxyl groups is 1. The number of ether oxygens (including phenoxy) is 1. The van der Waals surface area contributed by atoms with E-state index in [1.54, 1.807) is 12.1 Å². The second-order valence-electron chi connectivity index (χ2n) is 7.57. The zero-order chi connectivity index (χ0) is 20.9. The highest BCUT2D eigenvalue weighted by Crippen LogP contribution is 2.32. The minimum absolute atomic E-state index is 0.0705. The highest BCUT2D eigenvalue weighted by molar-refractivity contribution is 5.88. The number of benzene rings is 3. The van der Waals surface area contributed by atoms with Crippen molar-refractivity contribution in [2.45, 2.75) is 25.0 Å². The Morgan fingerprint density at radius 1 is 1.03 bits per heavy atom. The maximum absolute atomic E-state index is 11.0. The lowest BCUT2D eigenvalue weighted by atomic mass is 9.96. The summed E-state index contributed by atoms with van der Waals surface area (Å²) in [6, 6.07) is 22.7. The van der Waals surface area contributed by atoms with Gasteiger partial charge in [-0.1, -0.05) is 48.5 Å². The van der Waals surface area contributed by atoms with Gasteiger partial charge in [0.15, 0.2) is 0 Å². The van der Waals surface area contributed by atoms with E-state index >= 15 is 0 Å². The van der Waals surface area contributed by atoms with Gasteiger partial charge < -0.3 is 20.3 Å². The SMILES string of the molecule is O=C(O)c1ccc(-c2ccc3c(c2)CC[C@H](CNC[C@@H](O)c2ccccc2)O3)cc1. The molecule has 0 amide bonds. The van der Waals surface area contributed by atoms with Gasteiger partial charge >= 0.3 is 5.97 Å². The summed E-state index contributed by atoms with van der Waals surface area (Å²) in [6.45, 7) is 1.17. The molecule has 0 unspecified atom stereocenters. The summed E-state index contributed by atoms with van der Waals surface area (Å²) in [4.78, 5) is 11.0. The van der Waals surface area contributed by atoms with E-state index in [4.69, 9.17) is 9.84 Å². The second-order valence-corrected chi connectivity index (χ2v) is 7.57. The Labute approximate surface area is 176 Å². The molecule has 0 spiro atoms. The van der Waals surface area contributed by atoms with E-state index < -0.39 is 12.1 Å². The average molecular weight is 403 g/mol. The molecule has 0 fully saturated rings. The average Bonchev–Trinajstić information content (AvgIpc) is 2.79. The van der Waals surface area contributed by atoms with Crippen LogP contribution in [-0.4, -0.2) is 35.4 Å². The molecule has 2 atom stereocenters. The fourth-order valence-electron chi connectivity index (χ4n) is 3.75. The summed E-state index contributed by atoms with van der Waals surface area (Å²) in [5.74, 6) is -0.0288. The van der Waals surface area contributed by atoms with Gasteiger partial charge in [-0.15, -0.1) is 0 Å². The number of hydrogen-bond donors (Lipinski definition) is 3. The first-order valence-electron chi connectivity index (χ1n) is 10.2. The molecule has 0 saturated carbocycles. The minimum atomic E-state index is -0.920. The van der Waals surface area contributed by atoms with Crippen LogP contribution in [0.4, 0.5) is 0 Å². The highest BCUT2D eigenvalue weighted by atomic mass is 16.5. The van der Waals surface area contributed by atoms with Gasteiger partial charge in [-0.2, -0.15) is 0 Å². The van der Waals surface area contributed by atoms with Crippen molar-refractivity contribution in [2.24, 2.45) is 0 Å². The van der Waals surface area contributed by atoms with Gasteiger partial charge in [0.1, 0.15) is 11.9 Å². The van der Waals surface area contributed by atoms with E-state index in [9.17, 15) is 9.90 Å². The Morgan fingerprint density at radius 2 is 1.77 bits per heavy atom. The molecule has 3 aromatic carbocycles. The molecule has 0 saturated heterocycles. The van der Waals surface area contributed by atoms with Crippen molar-refractivity contribution in [1.82, 2.24) is 5.32 Å². The van der Waals surface area contributed by atoms with Crippen molar-refractivity contribution < 1.29 is 19.7 Å². The third-order valence-corrected chi connectivity index (χ3v) is 5.45. The molecule has 0 aromatic heterocycles. The Hall–Kier alpha value is -3.15. The van der Waals surface area contributed by atoms with Gasteiger partial charge in [-0.3, -0.25) is 0 Å². The zero-order valence-corrected chi connectivity index (χ0v) is 16.6. The molecule has 0 aliphatic carbocycles. The molecule has 4 rings (SSSR count). The zero-order valence-electron chi connectivity index (χ0n) is 16.6. The van der Waals surface area contributed by atoms with Crippen LogP contribution in [0, 0.1) is 0 Å². The van der Waals surface area contributed by atoms with E-state index in [1.807, 2.05) is 54.6 Å². The van der Waals surface area contributed by atoms with Crippen LogP contribution in [0.5, 0.6) is 5.75 Å². The molecule has 30 heavy (non-hydrogen) atoms. The van der Waals surface area contributed by atoms with Crippen molar-refractivity contribution in [2.75, 3.05) is 13.1 Å². The molecular weight excluding hydrogens is 378 g/mol. The molecule has 0 bridgehead atoms. The number of aromatic carboxylic acids is 1. The predicted octanol–water partition coefficient (Wildman–Crippen LogP) is 4.07. The third kappa shape index (κ3) is 4.70. The smallest absolute Gasteiger partial charge is 0.335 e. The molecule has 1 heterocycles. The van der Waals surface area contributed by atoms with E-state index in [0.29, 0.717) is 13.1 Å². The summed E-state index contributed by atoms with van der Waals surface area (Å²) in [7, 11) is 0. The molecular formula is C25H25NO4. The maximum Gasteiger partial charge on any atom is 0.335 e. The van der Waals surface area contributed by atoms with Crippen LogP contribution < -0.4 is 10.1 Å². The summed E-state index contributed by atoms with van der Waals surface area (Å²) in [6.07, 6.45) is 1.37. The highest BCUT2D eigenvalue weighted by Gasteiger charge is 2.20. The number of aliphatic hydroxyl groups excluding tert-OH is 1. The van der Waals surface area contributed by atoms with Crippen LogP contribution >= 0.6 is 0 Å². The number of carboxylic acid groups (broad SMARTS) is 1. The first-order chi connectivity index (χ1) is 14.6. The van der Waals surface area contributed by atoms with E-state index in [-0.39, 0.29) is 11.7 Å². The minimum Gasteiger partial charge on any atom is -0.489 e. The Balaban J connectivity index is 1.34. The largest absolute Gasteiger partial charge is 0.489 e. The van der Waals surface area contributed by atoms with Gasteiger partial charge in [0, 0.05) is 13.1 Å². The fraction of sp³-hybridized carbons (Fsp3) is 0.240. The van der Waals surface area contributed by atoms with Crippen LogP contribution in [0.3, 0.4) is 0 Å². The molecule has 5 heteroatoms. The molecule has 154 valence electrons. The number of carboxylic acids is 1. The normalized spacial score (nSPS) is 16.4. The Morgan fingerprint density at radius 3 is 2.50 bits per heavy atom. The quantitative estimate of drug-likeness (QED) is 0.554. The lowest BCUT2D eigenvalue weighted by Crippen LogP contribution is -2.36. The van der Waals surface area contributed by atoms with Crippen LogP contribution in [0.15, 0.2) is 72.8 Å². The summed E-state index contributed by atoms with van der Waals surface area (Å²) in [5.41, 5.74) is 4.39. The molecule has 3 N–H and O–H groups in total. The maximum atomic E-state index is 11.0.